The van der Waals surface area contributed by atoms with Crippen molar-refractivity contribution in [3.05, 3.63) is 17.2 Å². The molecule has 1 aromatic rings. The van der Waals surface area contributed by atoms with E-state index in [2.05, 4.69) is 4.98 Å². The molecule has 0 fully saturated rings. The number of nitrogens with zero attached hydrogens (tertiary/aromatic N) is 2. The van der Waals surface area contributed by atoms with Gasteiger partial charge in [-0.3, -0.25) is 4.79 Å². The second-order valence-electron chi connectivity index (χ2n) is 2.35. The fourth-order valence-corrected chi connectivity index (χ4v) is 1.17. The average molecular weight is 190 g/mol. The van der Waals surface area contributed by atoms with Gasteiger partial charge in [0.15, 0.2) is 5.15 Å². The summed E-state index contributed by atoms with van der Waals surface area (Å²) in [6.45, 7) is 0. The van der Waals surface area contributed by atoms with Crippen molar-refractivity contribution in [1.82, 2.24) is 9.55 Å². The number of aromatic nitrogens is 2. The molecule has 0 amide bonds. The van der Waals surface area contributed by atoms with Gasteiger partial charge in [0.25, 0.3) is 0 Å². The molecular formula is C6H8ClN3O2. The predicted molar refractivity (Wildman–Crippen MR) is 42.8 cm³/mol. The van der Waals surface area contributed by atoms with Crippen molar-refractivity contribution in [1.29, 1.82) is 0 Å². The summed E-state index contributed by atoms with van der Waals surface area (Å²) in [4.78, 5) is 14.2. The summed E-state index contributed by atoms with van der Waals surface area (Å²) in [7, 11) is 1.64. The molecule has 1 rings (SSSR count). The zero-order chi connectivity index (χ0) is 9.30. The van der Waals surface area contributed by atoms with Crippen molar-refractivity contribution in [2.24, 2.45) is 12.8 Å². The van der Waals surface area contributed by atoms with Gasteiger partial charge < -0.3 is 15.4 Å². The number of nitrogens with two attached hydrogens (primary N) is 1. The van der Waals surface area contributed by atoms with Crippen molar-refractivity contribution in [2.45, 2.75) is 6.04 Å². The topological polar surface area (TPSA) is 81.1 Å². The Morgan fingerprint density at radius 3 is 2.83 bits per heavy atom. The van der Waals surface area contributed by atoms with Crippen LogP contribution in [0.1, 0.15) is 11.7 Å². The van der Waals surface area contributed by atoms with Gasteiger partial charge in [-0.2, -0.15) is 0 Å². The van der Waals surface area contributed by atoms with E-state index in [0.717, 1.165) is 0 Å². The van der Waals surface area contributed by atoms with Gasteiger partial charge >= 0.3 is 5.97 Å². The van der Waals surface area contributed by atoms with Crippen LogP contribution in [0.4, 0.5) is 0 Å². The highest BCUT2D eigenvalue weighted by atomic mass is 35.5. The van der Waals surface area contributed by atoms with Crippen LogP contribution in [0.3, 0.4) is 0 Å². The molecule has 12 heavy (non-hydrogen) atoms. The van der Waals surface area contributed by atoms with Crippen LogP contribution in [-0.2, 0) is 11.8 Å². The molecule has 0 saturated carbocycles. The van der Waals surface area contributed by atoms with Crippen LogP contribution in [0.5, 0.6) is 0 Å². The van der Waals surface area contributed by atoms with Gasteiger partial charge in [-0.15, -0.1) is 0 Å². The van der Waals surface area contributed by atoms with Crippen molar-refractivity contribution >= 4 is 17.6 Å². The minimum Gasteiger partial charge on any atom is -0.480 e. The molecule has 0 bridgehead atoms. The van der Waals surface area contributed by atoms with Crippen molar-refractivity contribution < 1.29 is 9.90 Å². The normalized spacial score (nSPS) is 12.9. The summed E-state index contributed by atoms with van der Waals surface area (Å²) in [5, 5.41) is 8.71. The van der Waals surface area contributed by atoms with Crippen molar-refractivity contribution in [3.63, 3.8) is 0 Å². The monoisotopic (exact) mass is 189 g/mol. The lowest BCUT2D eigenvalue weighted by molar-refractivity contribution is -0.138. The number of carboxylic acids is 1. The van der Waals surface area contributed by atoms with E-state index in [1.807, 2.05) is 0 Å². The molecule has 66 valence electrons. The average Bonchev–Trinajstić information content (AvgIpc) is 2.30. The number of carboxylic acid groups (broad SMARTS) is 1. The smallest absolute Gasteiger partial charge is 0.326 e. The summed E-state index contributed by atoms with van der Waals surface area (Å²) in [6.07, 6.45) is 1.42. The Morgan fingerprint density at radius 1 is 1.92 bits per heavy atom. The van der Waals surface area contributed by atoms with Gasteiger partial charge in [-0.05, 0) is 0 Å². The van der Waals surface area contributed by atoms with Crippen LogP contribution in [0.15, 0.2) is 6.33 Å². The maximum Gasteiger partial charge on any atom is 0.326 e. The van der Waals surface area contributed by atoms with E-state index in [0.29, 0.717) is 5.69 Å². The number of aryl methyl sites for hydroxylation is 1. The fraction of sp³-hybridized carbons (Fsp3) is 0.333. The quantitative estimate of drug-likeness (QED) is 0.695. The third kappa shape index (κ3) is 1.41. The molecule has 0 radical (unpaired) electrons. The SMILES string of the molecule is Cn1cnc(Cl)c1C(N)C(=O)O. The minimum absolute atomic E-state index is 0.132. The molecule has 1 aromatic heterocycles. The Morgan fingerprint density at radius 2 is 2.50 bits per heavy atom. The lowest BCUT2D eigenvalue weighted by Gasteiger charge is -2.06. The van der Waals surface area contributed by atoms with Gasteiger partial charge in [0, 0.05) is 7.05 Å². The van der Waals surface area contributed by atoms with Crippen LogP contribution >= 0.6 is 11.6 Å². The van der Waals surface area contributed by atoms with Crippen LogP contribution in [0, 0.1) is 0 Å². The van der Waals surface area contributed by atoms with Gasteiger partial charge in [-0.25, -0.2) is 4.98 Å². The van der Waals surface area contributed by atoms with Crippen molar-refractivity contribution in [3.8, 4) is 0 Å². The number of hydrogen-bond donors (Lipinski definition) is 2. The van der Waals surface area contributed by atoms with E-state index in [1.165, 1.54) is 10.9 Å². The highest BCUT2D eigenvalue weighted by Crippen LogP contribution is 2.18. The Labute approximate surface area is 73.8 Å². The van der Waals surface area contributed by atoms with E-state index < -0.39 is 12.0 Å². The zero-order valence-electron chi connectivity index (χ0n) is 6.36. The summed E-state index contributed by atoms with van der Waals surface area (Å²) in [6, 6.07) is -1.12. The number of imidazole rings is 1. The van der Waals surface area contributed by atoms with Crippen LogP contribution in [-0.4, -0.2) is 20.6 Å². The highest BCUT2D eigenvalue weighted by Gasteiger charge is 2.21. The van der Waals surface area contributed by atoms with E-state index in [9.17, 15) is 4.79 Å². The molecular weight excluding hydrogens is 182 g/mol. The predicted octanol–water partition coefficient (Wildman–Crippen LogP) is 0.158. The number of rotatable bonds is 2. The van der Waals surface area contributed by atoms with Crippen LogP contribution in [0.2, 0.25) is 5.15 Å². The van der Waals surface area contributed by atoms with Gasteiger partial charge in [0.05, 0.1) is 12.0 Å². The second kappa shape index (κ2) is 3.12. The summed E-state index contributed by atoms with van der Waals surface area (Å²) in [5.74, 6) is -1.12. The highest BCUT2D eigenvalue weighted by molar-refractivity contribution is 6.30. The third-order valence-electron chi connectivity index (χ3n) is 1.50. The minimum atomic E-state index is -1.12. The first-order valence-corrected chi connectivity index (χ1v) is 3.57. The number of hydrogen-bond acceptors (Lipinski definition) is 3. The van der Waals surface area contributed by atoms with E-state index in [1.54, 1.807) is 7.05 Å². The molecule has 1 unspecified atom stereocenters. The fourth-order valence-electron chi connectivity index (χ4n) is 0.876. The van der Waals surface area contributed by atoms with Crippen LogP contribution in [0.25, 0.3) is 0 Å². The maximum atomic E-state index is 10.5. The molecule has 0 aromatic carbocycles. The molecule has 6 heteroatoms. The van der Waals surface area contributed by atoms with Gasteiger partial charge in [0.1, 0.15) is 6.04 Å². The van der Waals surface area contributed by atoms with Gasteiger partial charge in [0.2, 0.25) is 0 Å². The maximum absolute atomic E-state index is 10.5. The van der Waals surface area contributed by atoms with E-state index >= 15 is 0 Å². The van der Waals surface area contributed by atoms with Gasteiger partial charge in [-0.1, -0.05) is 11.6 Å². The number of carbonyl (C=O) groups is 1. The van der Waals surface area contributed by atoms with Crippen LogP contribution < -0.4 is 5.73 Å². The summed E-state index contributed by atoms with van der Waals surface area (Å²) >= 11 is 5.61. The molecule has 0 spiro atoms. The standard InChI is InChI=1S/C6H8ClN3O2/c1-10-2-9-5(7)4(10)3(8)6(11)12/h2-3H,8H2,1H3,(H,11,12). The lowest BCUT2D eigenvalue weighted by atomic mass is 10.2. The first-order chi connectivity index (χ1) is 5.54. The summed E-state index contributed by atoms with van der Waals surface area (Å²) in [5.41, 5.74) is 5.65. The zero-order valence-corrected chi connectivity index (χ0v) is 7.12. The first-order valence-electron chi connectivity index (χ1n) is 3.19. The van der Waals surface area contributed by atoms with E-state index in [4.69, 9.17) is 22.4 Å². The molecule has 5 nitrogen and oxygen atoms in total. The molecule has 3 N–H and O–H groups in total. The first kappa shape index (κ1) is 9.02. The third-order valence-corrected chi connectivity index (χ3v) is 1.79. The van der Waals surface area contributed by atoms with Crippen molar-refractivity contribution in [2.75, 3.05) is 0 Å². The molecule has 0 aliphatic rings. The number of aliphatic carboxylic acids is 1. The van der Waals surface area contributed by atoms with E-state index in [-0.39, 0.29) is 5.15 Å². The Kier molecular flexibility index (Phi) is 2.35. The lowest BCUT2D eigenvalue weighted by Crippen LogP contribution is -2.23. The summed E-state index contributed by atoms with van der Waals surface area (Å²) < 4.78 is 1.49. The Balaban J connectivity index is 3.08. The molecule has 0 saturated heterocycles. The molecule has 0 aliphatic carbocycles. The largest absolute Gasteiger partial charge is 0.480 e. The molecule has 1 atom stereocenters. The Bertz CT molecular complexity index is 290. The molecule has 0 aliphatic heterocycles. The Hall–Kier alpha value is -1.07. The second-order valence-corrected chi connectivity index (χ2v) is 2.71. The molecule has 1 heterocycles. The number of halogens is 1.